The van der Waals surface area contributed by atoms with Gasteiger partial charge in [0, 0.05) is 23.6 Å². The molecule has 0 spiro atoms. The van der Waals surface area contributed by atoms with Gasteiger partial charge in [-0.15, -0.1) is 0 Å². The lowest BCUT2D eigenvalue weighted by Gasteiger charge is -2.20. The molecule has 0 fully saturated rings. The third-order valence-corrected chi connectivity index (χ3v) is 3.09. The van der Waals surface area contributed by atoms with Crippen molar-refractivity contribution in [2.24, 2.45) is 0 Å². The summed E-state index contributed by atoms with van der Waals surface area (Å²) in [5.41, 5.74) is 1.38. The van der Waals surface area contributed by atoms with E-state index in [0.29, 0.717) is 23.5 Å². The first-order valence-electron chi connectivity index (χ1n) is 5.87. The highest BCUT2D eigenvalue weighted by Gasteiger charge is 2.22. The Morgan fingerprint density at radius 2 is 1.68 bits per heavy atom. The Labute approximate surface area is 109 Å². The molecule has 96 valence electrons. The van der Waals surface area contributed by atoms with Crippen LogP contribution in [0.2, 0.25) is 0 Å². The van der Waals surface area contributed by atoms with Gasteiger partial charge in [0.05, 0.1) is 0 Å². The molecule has 1 heterocycles. The zero-order valence-electron chi connectivity index (χ0n) is 10.00. The molecule has 3 N–H and O–H groups in total. The topological polar surface area (TPSA) is 69.9 Å². The second kappa shape index (κ2) is 4.24. The zero-order chi connectivity index (χ0) is 13.4. The first-order chi connectivity index (χ1) is 9.16. The minimum Gasteiger partial charge on any atom is -0.504 e. The van der Waals surface area contributed by atoms with Crippen LogP contribution >= 0.6 is 0 Å². The van der Waals surface area contributed by atoms with Gasteiger partial charge in [-0.2, -0.15) is 0 Å². The Morgan fingerprint density at radius 1 is 0.947 bits per heavy atom. The fraction of sp³-hybridized carbons (Fsp3) is 0.0667. The summed E-state index contributed by atoms with van der Waals surface area (Å²) < 4.78 is 5.66. The number of fused-ring (bicyclic) bond motifs is 1. The molecule has 0 atom stereocenters. The predicted molar refractivity (Wildman–Crippen MR) is 70.2 cm³/mol. The van der Waals surface area contributed by atoms with Crippen LogP contribution in [0.25, 0.3) is 5.76 Å². The summed E-state index contributed by atoms with van der Waals surface area (Å²) >= 11 is 0. The summed E-state index contributed by atoms with van der Waals surface area (Å²) in [6.07, 6.45) is 2.26. The van der Waals surface area contributed by atoms with Gasteiger partial charge in [0.2, 0.25) is 5.75 Å². The normalized spacial score (nSPS) is 13.4. The van der Waals surface area contributed by atoms with Crippen LogP contribution in [0.4, 0.5) is 0 Å². The molecule has 0 amide bonds. The van der Waals surface area contributed by atoms with Gasteiger partial charge in [0.1, 0.15) is 11.5 Å². The average molecular weight is 256 g/mol. The molecular weight excluding hydrogens is 244 g/mol. The molecule has 0 aromatic heterocycles. The van der Waals surface area contributed by atoms with E-state index in [-0.39, 0.29) is 5.75 Å². The zero-order valence-corrected chi connectivity index (χ0v) is 10.00. The second-order valence-corrected chi connectivity index (χ2v) is 4.31. The van der Waals surface area contributed by atoms with Crippen LogP contribution in [0.1, 0.15) is 11.1 Å². The monoisotopic (exact) mass is 256 g/mol. The quantitative estimate of drug-likeness (QED) is 0.686. The largest absolute Gasteiger partial charge is 0.504 e. The molecule has 3 rings (SSSR count). The number of phenolic OH excluding ortho intramolecular Hbond substituents is 3. The minimum absolute atomic E-state index is 0.335. The molecule has 0 saturated heterocycles. The molecule has 0 radical (unpaired) electrons. The maximum Gasteiger partial charge on any atom is 0.200 e. The maximum absolute atomic E-state index is 9.76. The summed E-state index contributed by atoms with van der Waals surface area (Å²) in [6, 6.07) is 10.9. The molecule has 0 unspecified atom stereocenters. The predicted octanol–water partition coefficient (Wildman–Crippen LogP) is 2.78. The molecular formula is C15H12O4. The van der Waals surface area contributed by atoms with Crippen molar-refractivity contribution in [3.63, 3.8) is 0 Å². The smallest absolute Gasteiger partial charge is 0.200 e. The third kappa shape index (κ3) is 1.87. The van der Waals surface area contributed by atoms with Crippen LogP contribution in [0, 0.1) is 0 Å². The van der Waals surface area contributed by atoms with E-state index in [1.165, 1.54) is 6.07 Å². The molecule has 0 saturated carbocycles. The minimum atomic E-state index is -0.515. The van der Waals surface area contributed by atoms with Crippen molar-refractivity contribution in [1.82, 2.24) is 0 Å². The van der Waals surface area contributed by atoms with Crippen molar-refractivity contribution in [2.75, 3.05) is 0 Å². The Balaban J connectivity index is 2.02. The summed E-state index contributed by atoms with van der Waals surface area (Å²) in [6.45, 7) is 0. The van der Waals surface area contributed by atoms with Crippen LogP contribution in [-0.4, -0.2) is 15.3 Å². The molecule has 2 aromatic rings. The molecule has 19 heavy (non-hydrogen) atoms. The van der Waals surface area contributed by atoms with Crippen molar-refractivity contribution < 1.29 is 20.1 Å². The number of phenols is 3. The van der Waals surface area contributed by atoms with Gasteiger partial charge >= 0.3 is 0 Å². The fourth-order valence-corrected chi connectivity index (χ4v) is 2.08. The Kier molecular flexibility index (Phi) is 2.56. The van der Waals surface area contributed by atoms with Crippen LogP contribution in [0.5, 0.6) is 23.0 Å². The first kappa shape index (κ1) is 11.5. The van der Waals surface area contributed by atoms with E-state index in [4.69, 9.17) is 4.74 Å². The Hall–Kier alpha value is -2.62. The van der Waals surface area contributed by atoms with Crippen LogP contribution in [0.15, 0.2) is 42.5 Å². The van der Waals surface area contributed by atoms with Crippen LogP contribution in [0.3, 0.4) is 0 Å². The highest BCUT2D eigenvalue weighted by molar-refractivity contribution is 5.69. The lowest BCUT2D eigenvalue weighted by atomic mass is 10.0. The van der Waals surface area contributed by atoms with E-state index in [2.05, 4.69) is 0 Å². The van der Waals surface area contributed by atoms with Crippen molar-refractivity contribution in [2.45, 2.75) is 6.42 Å². The van der Waals surface area contributed by atoms with E-state index in [1.54, 1.807) is 0 Å². The number of aromatic hydroxyl groups is 3. The second-order valence-electron chi connectivity index (χ2n) is 4.31. The van der Waals surface area contributed by atoms with E-state index < -0.39 is 11.5 Å². The number of ether oxygens (including phenoxy) is 1. The first-order valence-corrected chi connectivity index (χ1v) is 5.87. The molecule has 4 nitrogen and oxygen atoms in total. The van der Waals surface area contributed by atoms with Gasteiger partial charge in [0.25, 0.3) is 0 Å². The van der Waals surface area contributed by atoms with Crippen LogP contribution < -0.4 is 4.74 Å². The molecule has 4 heteroatoms. The molecule has 2 aromatic carbocycles. The van der Waals surface area contributed by atoms with Crippen LogP contribution in [-0.2, 0) is 6.42 Å². The van der Waals surface area contributed by atoms with E-state index >= 15 is 0 Å². The van der Waals surface area contributed by atoms with Gasteiger partial charge in [-0.05, 0) is 6.08 Å². The lowest BCUT2D eigenvalue weighted by molar-refractivity contribution is 0.358. The summed E-state index contributed by atoms with van der Waals surface area (Å²) in [5.74, 6) is -0.227. The van der Waals surface area contributed by atoms with E-state index in [1.807, 2.05) is 36.4 Å². The van der Waals surface area contributed by atoms with Crippen molar-refractivity contribution in [3.8, 4) is 23.0 Å². The number of benzene rings is 2. The maximum atomic E-state index is 9.76. The standard InChI is InChI=1S/C15H12O4/c16-11-8-13-10(14(17)15(11)18)6-7-12(19-13)9-4-2-1-3-5-9/h1-5,7-8,16-18H,6H2. The highest BCUT2D eigenvalue weighted by atomic mass is 16.5. The van der Waals surface area contributed by atoms with E-state index in [9.17, 15) is 15.3 Å². The Bertz CT molecular complexity index is 660. The number of hydrogen-bond acceptors (Lipinski definition) is 4. The number of allylic oxidation sites excluding steroid dienone is 1. The highest BCUT2D eigenvalue weighted by Crippen LogP contribution is 2.46. The van der Waals surface area contributed by atoms with Crippen molar-refractivity contribution in [3.05, 3.63) is 53.6 Å². The fourth-order valence-electron chi connectivity index (χ4n) is 2.08. The van der Waals surface area contributed by atoms with Gasteiger partial charge in [-0.25, -0.2) is 0 Å². The number of rotatable bonds is 1. The number of hydrogen-bond donors (Lipinski definition) is 3. The van der Waals surface area contributed by atoms with E-state index in [0.717, 1.165) is 5.56 Å². The summed E-state index contributed by atoms with van der Waals surface area (Å²) in [5, 5.41) is 28.7. The molecule has 1 aliphatic heterocycles. The Morgan fingerprint density at radius 3 is 2.42 bits per heavy atom. The molecule has 1 aliphatic rings. The van der Waals surface area contributed by atoms with Crippen molar-refractivity contribution >= 4 is 5.76 Å². The SMILES string of the molecule is Oc1cc2c(c(O)c1O)CC=C(c1ccccc1)O2. The van der Waals surface area contributed by atoms with Crippen molar-refractivity contribution in [1.29, 1.82) is 0 Å². The van der Waals surface area contributed by atoms with Gasteiger partial charge in [-0.3, -0.25) is 0 Å². The van der Waals surface area contributed by atoms with Gasteiger partial charge in [0.15, 0.2) is 11.5 Å². The van der Waals surface area contributed by atoms with Gasteiger partial charge < -0.3 is 20.1 Å². The third-order valence-electron chi connectivity index (χ3n) is 3.09. The lowest BCUT2D eigenvalue weighted by Crippen LogP contribution is -2.04. The molecule has 0 aliphatic carbocycles. The summed E-state index contributed by atoms with van der Waals surface area (Å²) in [4.78, 5) is 0. The summed E-state index contributed by atoms with van der Waals surface area (Å²) in [7, 11) is 0. The average Bonchev–Trinajstić information content (AvgIpc) is 2.45. The van der Waals surface area contributed by atoms with Gasteiger partial charge in [-0.1, -0.05) is 30.3 Å². The molecule has 0 bridgehead atoms.